The molecule has 18 heavy (non-hydrogen) atoms. The van der Waals surface area contributed by atoms with E-state index in [9.17, 15) is 8.42 Å². The van der Waals surface area contributed by atoms with Gasteiger partial charge in [0.05, 0.1) is 5.75 Å². The van der Waals surface area contributed by atoms with E-state index < -0.39 is 10.0 Å². The lowest BCUT2D eigenvalue weighted by molar-refractivity contribution is 0.122. The number of likely N-dealkylation sites (tertiary alicyclic amines) is 1. The quantitative estimate of drug-likeness (QED) is 0.776. The van der Waals surface area contributed by atoms with Crippen molar-refractivity contribution >= 4 is 10.0 Å². The largest absolute Gasteiger partial charge is 0.314 e. The van der Waals surface area contributed by atoms with Crippen LogP contribution in [0.25, 0.3) is 0 Å². The highest BCUT2D eigenvalue weighted by Gasteiger charge is 2.34. The first kappa shape index (κ1) is 14.2. The van der Waals surface area contributed by atoms with Gasteiger partial charge in [-0.25, -0.2) is 8.42 Å². The highest BCUT2D eigenvalue weighted by Crippen LogP contribution is 2.21. The molecule has 1 N–H and O–H groups in total. The van der Waals surface area contributed by atoms with E-state index in [-0.39, 0.29) is 11.8 Å². The van der Waals surface area contributed by atoms with E-state index >= 15 is 0 Å². The van der Waals surface area contributed by atoms with E-state index in [0.717, 1.165) is 32.5 Å². The third kappa shape index (κ3) is 3.23. The molecular formula is C12H25N3O2S. The first-order valence-electron chi connectivity index (χ1n) is 6.95. The molecule has 2 aliphatic heterocycles. The molecule has 0 aromatic carbocycles. The van der Waals surface area contributed by atoms with Crippen LogP contribution in [0.15, 0.2) is 0 Å². The van der Waals surface area contributed by atoms with Crippen LogP contribution in [-0.4, -0.2) is 68.2 Å². The molecule has 2 aliphatic rings. The molecule has 0 radical (unpaired) electrons. The standard InChI is InChI=1S/C12H25N3O2S/c1-11(2)14-7-3-4-12(10-14)15-8-5-13-6-9-18(15,16)17/h11-13H,3-10H2,1-2H3. The van der Waals surface area contributed by atoms with E-state index in [1.54, 1.807) is 4.31 Å². The van der Waals surface area contributed by atoms with Crippen molar-refractivity contribution in [2.45, 2.75) is 38.8 Å². The van der Waals surface area contributed by atoms with Gasteiger partial charge in [-0.2, -0.15) is 4.31 Å². The zero-order chi connectivity index (χ0) is 13.2. The Labute approximate surface area is 111 Å². The lowest BCUT2D eigenvalue weighted by Crippen LogP contribution is -2.52. The van der Waals surface area contributed by atoms with Crippen LogP contribution in [0, 0.1) is 0 Å². The number of piperidine rings is 1. The maximum absolute atomic E-state index is 12.2. The number of sulfonamides is 1. The summed E-state index contributed by atoms with van der Waals surface area (Å²) in [5.41, 5.74) is 0. The molecule has 2 saturated heterocycles. The van der Waals surface area contributed by atoms with E-state index in [1.165, 1.54) is 0 Å². The van der Waals surface area contributed by atoms with Crippen LogP contribution in [0.3, 0.4) is 0 Å². The molecule has 1 atom stereocenters. The molecule has 2 heterocycles. The summed E-state index contributed by atoms with van der Waals surface area (Å²) < 4.78 is 26.2. The second-order valence-electron chi connectivity index (χ2n) is 5.56. The monoisotopic (exact) mass is 275 g/mol. The van der Waals surface area contributed by atoms with Crippen molar-refractivity contribution in [2.24, 2.45) is 0 Å². The number of rotatable bonds is 2. The summed E-state index contributed by atoms with van der Waals surface area (Å²) in [5.74, 6) is 0.241. The van der Waals surface area contributed by atoms with Crippen LogP contribution < -0.4 is 5.32 Å². The predicted molar refractivity (Wildman–Crippen MR) is 73.1 cm³/mol. The van der Waals surface area contributed by atoms with Crippen molar-refractivity contribution in [2.75, 3.05) is 38.5 Å². The SMILES string of the molecule is CC(C)N1CCCC(N2CCNCCS2(=O)=O)C1. The smallest absolute Gasteiger partial charge is 0.215 e. The third-order valence-electron chi connectivity index (χ3n) is 3.97. The maximum Gasteiger partial charge on any atom is 0.215 e. The Hall–Kier alpha value is -0.170. The van der Waals surface area contributed by atoms with Crippen molar-refractivity contribution in [3.8, 4) is 0 Å². The Morgan fingerprint density at radius 1 is 1.22 bits per heavy atom. The van der Waals surface area contributed by atoms with Crippen LogP contribution in [0.4, 0.5) is 0 Å². The average molecular weight is 275 g/mol. The fourth-order valence-corrected chi connectivity index (χ4v) is 4.50. The summed E-state index contributed by atoms with van der Waals surface area (Å²) in [6.45, 7) is 8.33. The molecule has 0 aromatic heterocycles. The second-order valence-corrected chi connectivity index (χ2v) is 7.60. The van der Waals surface area contributed by atoms with Gasteiger partial charge < -0.3 is 5.32 Å². The lowest BCUT2D eigenvalue weighted by Gasteiger charge is -2.39. The van der Waals surface area contributed by atoms with Gasteiger partial charge in [0, 0.05) is 38.3 Å². The van der Waals surface area contributed by atoms with Gasteiger partial charge in [0.15, 0.2) is 0 Å². The highest BCUT2D eigenvalue weighted by atomic mass is 32.2. The number of hydrogen-bond donors (Lipinski definition) is 1. The van der Waals surface area contributed by atoms with Crippen LogP contribution >= 0.6 is 0 Å². The van der Waals surface area contributed by atoms with Crippen molar-refractivity contribution in [1.82, 2.24) is 14.5 Å². The molecule has 106 valence electrons. The van der Waals surface area contributed by atoms with Crippen LogP contribution in [0.2, 0.25) is 0 Å². The predicted octanol–water partition coefficient (Wildman–Crippen LogP) is 0.0942. The molecule has 2 fully saturated rings. The Morgan fingerprint density at radius 2 is 2.00 bits per heavy atom. The lowest BCUT2D eigenvalue weighted by atomic mass is 10.0. The van der Waals surface area contributed by atoms with Gasteiger partial charge in [0.1, 0.15) is 0 Å². The maximum atomic E-state index is 12.2. The van der Waals surface area contributed by atoms with Crippen molar-refractivity contribution in [1.29, 1.82) is 0 Å². The molecule has 0 bridgehead atoms. The summed E-state index contributed by atoms with van der Waals surface area (Å²) in [6, 6.07) is 0.673. The van der Waals surface area contributed by atoms with Crippen molar-refractivity contribution in [3.05, 3.63) is 0 Å². The van der Waals surface area contributed by atoms with Crippen LogP contribution in [-0.2, 0) is 10.0 Å². The highest BCUT2D eigenvalue weighted by molar-refractivity contribution is 7.89. The molecule has 0 spiro atoms. The summed E-state index contributed by atoms with van der Waals surface area (Å²) in [4.78, 5) is 2.39. The minimum absolute atomic E-state index is 0.172. The summed E-state index contributed by atoms with van der Waals surface area (Å²) in [5, 5.41) is 3.17. The minimum atomic E-state index is -3.06. The first-order chi connectivity index (χ1) is 8.50. The molecule has 5 nitrogen and oxygen atoms in total. The van der Waals surface area contributed by atoms with E-state index in [0.29, 0.717) is 19.1 Å². The van der Waals surface area contributed by atoms with Crippen LogP contribution in [0.5, 0.6) is 0 Å². The Balaban J connectivity index is 2.08. The first-order valence-corrected chi connectivity index (χ1v) is 8.56. The van der Waals surface area contributed by atoms with Gasteiger partial charge in [0.25, 0.3) is 0 Å². The molecule has 0 saturated carbocycles. The molecule has 0 aromatic rings. The average Bonchev–Trinajstić information content (AvgIpc) is 2.50. The number of nitrogens with zero attached hydrogens (tertiary/aromatic N) is 2. The van der Waals surface area contributed by atoms with Gasteiger partial charge in [-0.3, -0.25) is 4.90 Å². The second kappa shape index (κ2) is 5.86. The Bertz CT molecular complexity index is 370. The Morgan fingerprint density at radius 3 is 2.72 bits per heavy atom. The van der Waals surface area contributed by atoms with Gasteiger partial charge in [0.2, 0.25) is 10.0 Å². The molecular weight excluding hydrogens is 250 g/mol. The van der Waals surface area contributed by atoms with Gasteiger partial charge in [-0.05, 0) is 33.2 Å². The van der Waals surface area contributed by atoms with E-state index in [4.69, 9.17) is 0 Å². The van der Waals surface area contributed by atoms with E-state index in [2.05, 4.69) is 24.1 Å². The third-order valence-corrected chi connectivity index (χ3v) is 5.88. The van der Waals surface area contributed by atoms with Gasteiger partial charge >= 0.3 is 0 Å². The van der Waals surface area contributed by atoms with E-state index in [1.807, 2.05) is 0 Å². The molecule has 0 amide bonds. The Kier molecular flexibility index (Phi) is 4.64. The molecule has 2 rings (SSSR count). The van der Waals surface area contributed by atoms with Gasteiger partial charge in [-0.15, -0.1) is 0 Å². The van der Waals surface area contributed by atoms with Gasteiger partial charge in [-0.1, -0.05) is 0 Å². The molecule has 0 aliphatic carbocycles. The summed E-state index contributed by atoms with van der Waals surface area (Å²) in [7, 11) is -3.06. The zero-order valence-corrected chi connectivity index (χ0v) is 12.2. The fraction of sp³-hybridized carbons (Fsp3) is 1.00. The fourth-order valence-electron chi connectivity index (χ4n) is 2.87. The number of hydrogen-bond acceptors (Lipinski definition) is 4. The minimum Gasteiger partial charge on any atom is -0.314 e. The number of nitrogens with one attached hydrogen (secondary N) is 1. The van der Waals surface area contributed by atoms with Crippen molar-refractivity contribution < 1.29 is 8.42 Å². The summed E-state index contributed by atoms with van der Waals surface area (Å²) >= 11 is 0. The molecule has 6 heteroatoms. The van der Waals surface area contributed by atoms with Crippen molar-refractivity contribution in [3.63, 3.8) is 0 Å². The normalized spacial score (nSPS) is 31.4. The van der Waals surface area contributed by atoms with Crippen LogP contribution in [0.1, 0.15) is 26.7 Å². The topological polar surface area (TPSA) is 52.6 Å². The zero-order valence-electron chi connectivity index (χ0n) is 11.4. The summed E-state index contributed by atoms with van der Waals surface area (Å²) in [6.07, 6.45) is 2.10. The molecule has 1 unspecified atom stereocenters.